The van der Waals surface area contributed by atoms with Gasteiger partial charge in [-0.2, -0.15) is 0 Å². The minimum atomic E-state index is -1.29. The summed E-state index contributed by atoms with van der Waals surface area (Å²) in [4.78, 5) is 0. The van der Waals surface area contributed by atoms with E-state index in [1.165, 1.54) is 5.57 Å². The molecular weight excluding hydrogens is 424 g/mol. The van der Waals surface area contributed by atoms with E-state index in [0.717, 1.165) is 38.5 Å². The summed E-state index contributed by atoms with van der Waals surface area (Å²) in [6, 6.07) is 0. The molecule has 0 aromatic heterocycles. The smallest absolute Gasteiger partial charge is 0.0988 e. The van der Waals surface area contributed by atoms with Crippen molar-refractivity contribution < 1.29 is 20.4 Å². The third-order valence-corrected chi connectivity index (χ3v) is 12.5. The summed E-state index contributed by atoms with van der Waals surface area (Å²) in [5.74, 6) is 0.451. The summed E-state index contributed by atoms with van der Waals surface area (Å²) in [5, 5.41) is 46.4. The van der Waals surface area contributed by atoms with Gasteiger partial charge in [-0.1, -0.05) is 46.3 Å². The lowest BCUT2D eigenvalue weighted by Crippen LogP contribution is -2.69. The fourth-order valence-corrected chi connectivity index (χ4v) is 10.3. The van der Waals surface area contributed by atoms with Crippen LogP contribution in [-0.2, 0) is 0 Å². The van der Waals surface area contributed by atoms with E-state index in [1.54, 1.807) is 6.92 Å². The summed E-state index contributed by atoms with van der Waals surface area (Å²) in [6.07, 6.45) is 8.50. The highest BCUT2D eigenvalue weighted by Crippen LogP contribution is 2.76. The Bertz CT molecular complexity index is 828. The number of hydrogen-bond acceptors (Lipinski definition) is 4. The van der Waals surface area contributed by atoms with Gasteiger partial charge < -0.3 is 20.4 Å². The average molecular weight is 477 g/mol. The topological polar surface area (TPSA) is 80.9 Å². The average Bonchev–Trinajstić information content (AvgIpc) is 3.02. The molecule has 10 atom stereocenters. The first kappa shape index (κ1) is 26.6. The molecule has 0 spiro atoms. The Morgan fingerprint density at radius 1 is 0.912 bits per heavy atom. The summed E-state index contributed by atoms with van der Waals surface area (Å²) in [5.41, 5.74) is -1.62. The van der Waals surface area contributed by atoms with E-state index in [4.69, 9.17) is 0 Å². The van der Waals surface area contributed by atoms with Crippen molar-refractivity contribution in [3.63, 3.8) is 0 Å². The quantitative estimate of drug-likeness (QED) is 0.397. The second-order valence-electron chi connectivity index (χ2n) is 14.7. The van der Waals surface area contributed by atoms with Crippen LogP contribution in [0.5, 0.6) is 0 Å². The zero-order valence-corrected chi connectivity index (χ0v) is 23.1. The van der Waals surface area contributed by atoms with Crippen LogP contribution in [0.4, 0.5) is 0 Å². The van der Waals surface area contributed by atoms with E-state index in [9.17, 15) is 20.4 Å². The summed E-state index contributed by atoms with van der Waals surface area (Å²) < 4.78 is 0. The van der Waals surface area contributed by atoms with Crippen molar-refractivity contribution in [3.05, 3.63) is 11.6 Å². The largest absolute Gasteiger partial charge is 0.393 e. The molecule has 0 aliphatic heterocycles. The molecule has 0 radical (unpaired) electrons. The summed E-state index contributed by atoms with van der Waals surface area (Å²) >= 11 is 0. The first-order chi connectivity index (χ1) is 15.5. The fraction of sp³-hybridized carbons (Fsp3) is 0.933. The number of hydrogen-bond donors (Lipinski definition) is 4. The molecule has 0 aromatic carbocycles. The van der Waals surface area contributed by atoms with E-state index in [0.29, 0.717) is 31.1 Å². The Kier molecular flexibility index (Phi) is 6.30. The van der Waals surface area contributed by atoms with Crippen molar-refractivity contribution >= 4 is 0 Å². The predicted octanol–water partition coefficient (Wildman–Crippen LogP) is 5.62. The highest BCUT2D eigenvalue weighted by Gasteiger charge is 2.74. The van der Waals surface area contributed by atoms with Crippen LogP contribution in [0.1, 0.15) is 113 Å². The highest BCUT2D eigenvalue weighted by molar-refractivity contribution is 5.24. The van der Waals surface area contributed by atoms with Crippen LogP contribution in [0.3, 0.4) is 0 Å². The first-order valence-electron chi connectivity index (χ1n) is 13.9. The van der Waals surface area contributed by atoms with Crippen molar-refractivity contribution in [1.29, 1.82) is 0 Å². The molecule has 4 heteroatoms. The van der Waals surface area contributed by atoms with Gasteiger partial charge in [0.25, 0.3) is 0 Å². The zero-order valence-electron chi connectivity index (χ0n) is 23.1. The molecule has 4 fully saturated rings. The Hall–Kier alpha value is -0.420. The van der Waals surface area contributed by atoms with Crippen molar-refractivity contribution in [3.8, 4) is 0 Å². The van der Waals surface area contributed by atoms with Crippen molar-refractivity contribution in [2.24, 2.45) is 39.4 Å². The summed E-state index contributed by atoms with van der Waals surface area (Å²) in [6.45, 7) is 17.6. The van der Waals surface area contributed by atoms with Crippen LogP contribution in [0.2, 0.25) is 0 Å². The molecule has 0 unspecified atom stereocenters. The molecule has 4 rings (SSSR count). The molecule has 0 aromatic rings. The third-order valence-electron chi connectivity index (χ3n) is 12.5. The second-order valence-corrected chi connectivity index (χ2v) is 14.7. The van der Waals surface area contributed by atoms with Gasteiger partial charge in [-0.25, -0.2) is 0 Å². The van der Waals surface area contributed by atoms with Crippen LogP contribution in [0, 0.1) is 39.4 Å². The lowest BCUT2D eigenvalue weighted by molar-refractivity contribution is -0.271. The van der Waals surface area contributed by atoms with Gasteiger partial charge >= 0.3 is 0 Å². The van der Waals surface area contributed by atoms with Crippen LogP contribution >= 0.6 is 0 Å². The number of allylic oxidation sites excluding steroid dienone is 2. The van der Waals surface area contributed by atoms with Crippen LogP contribution in [0.25, 0.3) is 0 Å². The van der Waals surface area contributed by atoms with Crippen LogP contribution in [-0.4, -0.2) is 43.8 Å². The van der Waals surface area contributed by atoms with E-state index < -0.39 is 17.3 Å². The Balaban J connectivity index is 1.71. The van der Waals surface area contributed by atoms with E-state index in [1.807, 2.05) is 0 Å². The summed E-state index contributed by atoms with van der Waals surface area (Å²) in [7, 11) is 0. The molecule has 34 heavy (non-hydrogen) atoms. The third kappa shape index (κ3) is 3.37. The minimum absolute atomic E-state index is 0.0129. The molecular formula is C30H52O4. The molecule has 0 bridgehead atoms. The lowest BCUT2D eigenvalue weighted by Gasteiger charge is -2.70. The molecule has 0 heterocycles. The molecule has 196 valence electrons. The molecule has 4 nitrogen and oxygen atoms in total. The minimum Gasteiger partial charge on any atom is -0.393 e. The molecule has 0 saturated heterocycles. The lowest BCUT2D eigenvalue weighted by atomic mass is 9.35. The predicted molar refractivity (Wildman–Crippen MR) is 137 cm³/mol. The Labute approximate surface area is 208 Å². The maximum absolute atomic E-state index is 12.2. The molecule has 4 aliphatic carbocycles. The van der Waals surface area contributed by atoms with E-state index >= 15 is 0 Å². The highest BCUT2D eigenvalue weighted by atomic mass is 16.4. The Morgan fingerprint density at radius 2 is 1.56 bits per heavy atom. The van der Waals surface area contributed by atoms with Gasteiger partial charge in [0.1, 0.15) is 0 Å². The van der Waals surface area contributed by atoms with Gasteiger partial charge in [-0.05, 0) is 112 Å². The number of aliphatic hydroxyl groups is 4. The zero-order chi connectivity index (χ0) is 25.5. The van der Waals surface area contributed by atoms with Crippen LogP contribution in [0.15, 0.2) is 11.6 Å². The molecule has 0 amide bonds. The Morgan fingerprint density at radius 3 is 2.18 bits per heavy atom. The van der Waals surface area contributed by atoms with Crippen molar-refractivity contribution in [2.45, 2.75) is 137 Å². The van der Waals surface area contributed by atoms with Crippen molar-refractivity contribution in [2.75, 3.05) is 0 Å². The monoisotopic (exact) mass is 476 g/mol. The van der Waals surface area contributed by atoms with Gasteiger partial charge in [0.15, 0.2) is 0 Å². The van der Waals surface area contributed by atoms with Gasteiger partial charge in [-0.3, -0.25) is 0 Å². The molecule has 4 aliphatic rings. The van der Waals surface area contributed by atoms with Gasteiger partial charge in [0.2, 0.25) is 0 Å². The maximum atomic E-state index is 12.2. The number of fused-ring (bicyclic) bond motifs is 5. The van der Waals surface area contributed by atoms with Gasteiger partial charge in [0.05, 0.1) is 23.4 Å². The molecule has 4 saturated carbocycles. The molecule has 4 N–H and O–H groups in total. The van der Waals surface area contributed by atoms with Gasteiger partial charge in [0, 0.05) is 5.92 Å². The second kappa shape index (κ2) is 8.04. The number of rotatable bonds is 4. The van der Waals surface area contributed by atoms with Crippen molar-refractivity contribution in [1.82, 2.24) is 0 Å². The maximum Gasteiger partial charge on any atom is 0.0988 e. The van der Waals surface area contributed by atoms with Gasteiger partial charge in [-0.15, -0.1) is 0 Å². The normalized spacial score (nSPS) is 51.6. The fourth-order valence-electron chi connectivity index (χ4n) is 10.3. The SMILES string of the molecule is CC(C)=CCC[C@](C)(O)[C@@]1(O)CC[C@]2(C)[C@H]1[C@H](O)C[C@@H]1[C@@]3(C)CC[C@@H](O)C(C)(C)[C@@H]3CC[C@]12C. The van der Waals surface area contributed by atoms with Crippen LogP contribution < -0.4 is 0 Å². The standard InChI is InChI=1S/C30H52O4/c1-19(2)10-9-13-29(8,33)30(34)17-16-28(7)24(30)20(31)18-22-26(5)14-12-23(32)25(3,4)21(26)11-15-27(22,28)6/h10,20-24,31-34H,9,11-18H2,1-8H3/t20-,21+,22-,23-,24-,26+,27-,28-,29+,30-/m1/s1. The van der Waals surface area contributed by atoms with E-state index in [2.05, 4.69) is 54.5 Å². The van der Waals surface area contributed by atoms with E-state index in [-0.39, 0.29) is 33.7 Å². The first-order valence-corrected chi connectivity index (χ1v) is 13.9. The number of aliphatic hydroxyl groups excluding tert-OH is 2.